The van der Waals surface area contributed by atoms with E-state index in [0.29, 0.717) is 0 Å². The first-order valence-electron chi connectivity index (χ1n) is 6.66. The van der Waals surface area contributed by atoms with E-state index in [-0.39, 0.29) is 11.2 Å². The largest absolute Gasteiger partial charge is 0.348 e. The third kappa shape index (κ3) is 2.18. The summed E-state index contributed by atoms with van der Waals surface area (Å²) >= 11 is 5.95. The van der Waals surface area contributed by atoms with Crippen molar-refractivity contribution in [2.75, 3.05) is 13.2 Å². The van der Waals surface area contributed by atoms with E-state index in [4.69, 9.17) is 21.1 Å². The fourth-order valence-corrected chi connectivity index (χ4v) is 3.24. The molecule has 0 aromatic heterocycles. The van der Waals surface area contributed by atoms with E-state index in [0.717, 1.165) is 43.9 Å². The lowest BCUT2D eigenvalue weighted by Crippen LogP contribution is -2.40. The summed E-state index contributed by atoms with van der Waals surface area (Å²) in [7, 11) is 0. The molecule has 1 saturated carbocycles. The van der Waals surface area contributed by atoms with Crippen molar-refractivity contribution in [3.63, 3.8) is 0 Å². The molecule has 1 aliphatic heterocycles. The average molecular weight is 267 g/mol. The highest BCUT2D eigenvalue weighted by atomic mass is 35.5. The van der Waals surface area contributed by atoms with Gasteiger partial charge in [0.1, 0.15) is 0 Å². The third-order valence-corrected chi connectivity index (χ3v) is 4.72. The lowest BCUT2D eigenvalue weighted by atomic mass is 9.69. The number of hydrogen-bond donors (Lipinski definition) is 0. The van der Waals surface area contributed by atoms with Crippen LogP contribution < -0.4 is 0 Å². The maximum atomic E-state index is 5.95. The molecular formula is C15H19ClO2. The van der Waals surface area contributed by atoms with E-state index in [1.165, 1.54) is 5.56 Å². The van der Waals surface area contributed by atoms with Gasteiger partial charge in [-0.15, -0.1) is 0 Å². The van der Waals surface area contributed by atoms with Crippen LogP contribution in [0.15, 0.2) is 24.3 Å². The number of ether oxygens (including phenoxy) is 2. The Kier molecular flexibility index (Phi) is 3.13. The van der Waals surface area contributed by atoms with Gasteiger partial charge in [0.25, 0.3) is 0 Å². The first-order valence-corrected chi connectivity index (χ1v) is 7.04. The van der Waals surface area contributed by atoms with Crippen molar-refractivity contribution in [1.29, 1.82) is 0 Å². The van der Waals surface area contributed by atoms with E-state index in [1.807, 2.05) is 12.1 Å². The molecule has 3 rings (SSSR count). The van der Waals surface area contributed by atoms with Gasteiger partial charge >= 0.3 is 0 Å². The van der Waals surface area contributed by atoms with Gasteiger partial charge in [-0.3, -0.25) is 0 Å². The van der Waals surface area contributed by atoms with Crippen molar-refractivity contribution in [2.45, 2.75) is 43.8 Å². The minimum Gasteiger partial charge on any atom is -0.348 e. The topological polar surface area (TPSA) is 18.5 Å². The molecule has 2 fully saturated rings. The zero-order valence-electron chi connectivity index (χ0n) is 10.7. The predicted molar refractivity (Wildman–Crippen MR) is 71.9 cm³/mol. The standard InChI is InChI=1S/C15H19ClO2/c1-14(12-2-4-13(16)5-3-12)6-8-15(9-7-14)17-10-11-18-15/h2-5H,6-11H2,1H3. The van der Waals surface area contributed by atoms with Gasteiger partial charge in [-0.2, -0.15) is 0 Å². The molecule has 1 aliphatic carbocycles. The van der Waals surface area contributed by atoms with Gasteiger partial charge in [0.15, 0.2) is 5.79 Å². The molecule has 0 bridgehead atoms. The van der Waals surface area contributed by atoms with E-state index < -0.39 is 0 Å². The maximum Gasteiger partial charge on any atom is 0.168 e. The van der Waals surface area contributed by atoms with Gasteiger partial charge in [0.05, 0.1) is 13.2 Å². The van der Waals surface area contributed by atoms with Crippen molar-refractivity contribution in [3.8, 4) is 0 Å². The fraction of sp³-hybridized carbons (Fsp3) is 0.600. The molecule has 98 valence electrons. The van der Waals surface area contributed by atoms with E-state index in [1.54, 1.807) is 0 Å². The van der Waals surface area contributed by atoms with Crippen molar-refractivity contribution >= 4 is 11.6 Å². The number of halogens is 1. The molecule has 1 aromatic rings. The van der Waals surface area contributed by atoms with Crippen molar-refractivity contribution in [3.05, 3.63) is 34.9 Å². The van der Waals surface area contributed by atoms with Gasteiger partial charge < -0.3 is 9.47 Å². The molecule has 0 amide bonds. The van der Waals surface area contributed by atoms with Crippen molar-refractivity contribution in [2.24, 2.45) is 0 Å². The average Bonchev–Trinajstić information content (AvgIpc) is 2.83. The van der Waals surface area contributed by atoms with E-state index >= 15 is 0 Å². The lowest BCUT2D eigenvalue weighted by molar-refractivity contribution is -0.184. The number of hydrogen-bond acceptors (Lipinski definition) is 2. The predicted octanol–water partition coefficient (Wildman–Crippen LogP) is 3.91. The quantitative estimate of drug-likeness (QED) is 0.767. The summed E-state index contributed by atoms with van der Waals surface area (Å²) in [6.45, 7) is 3.83. The van der Waals surface area contributed by atoms with Gasteiger partial charge in [0.2, 0.25) is 0 Å². The monoisotopic (exact) mass is 266 g/mol. The Balaban J connectivity index is 1.75. The Morgan fingerprint density at radius 3 is 2.06 bits per heavy atom. The van der Waals surface area contributed by atoms with Crippen LogP contribution in [0, 0.1) is 0 Å². The zero-order chi connectivity index (χ0) is 12.6. The van der Waals surface area contributed by atoms with Crippen LogP contribution in [0.4, 0.5) is 0 Å². The Hall–Kier alpha value is -0.570. The molecule has 0 N–H and O–H groups in total. The summed E-state index contributed by atoms with van der Waals surface area (Å²) in [5.74, 6) is -0.272. The van der Waals surface area contributed by atoms with Crippen molar-refractivity contribution in [1.82, 2.24) is 0 Å². The molecule has 0 radical (unpaired) electrons. The third-order valence-electron chi connectivity index (χ3n) is 4.47. The smallest absolute Gasteiger partial charge is 0.168 e. The molecule has 1 heterocycles. The fourth-order valence-electron chi connectivity index (χ4n) is 3.11. The Morgan fingerprint density at radius 1 is 0.944 bits per heavy atom. The molecule has 1 aromatic carbocycles. The highest BCUT2D eigenvalue weighted by molar-refractivity contribution is 6.30. The second kappa shape index (κ2) is 4.52. The van der Waals surface area contributed by atoms with Crippen molar-refractivity contribution < 1.29 is 9.47 Å². The van der Waals surface area contributed by atoms with Crippen LogP contribution in [0.5, 0.6) is 0 Å². The van der Waals surface area contributed by atoms with Crippen LogP contribution in [-0.4, -0.2) is 19.0 Å². The summed E-state index contributed by atoms with van der Waals surface area (Å²) < 4.78 is 11.6. The number of benzene rings is 1. The molecule has 3 heteroatoms. The maximum absolute atomic E-state index is 5.95. The molecule has 1 saturated heterocycles. The normalized spacial score (nSPS) is 25.4. The second-order valence-electron chi connectivity index (χ2n) is 5.68. The van der Waals surface area contributed by atoms with Crippen LogP contribution in [0.25, 0.3) is 0 Å². The van der Waals surface area contributed by atoms with Crippen LogP contribution >= 0.6 is 11.6 Å². The minimum absolute atomic E-state index is 0.227. The molecule has 2 aliphatic rings. The van der Waals surface area contributed by atoms with Gasteiger partial charge in [-0.05, 0) is 36.0 Å². The van der Waals surface area contributed by atoms with E-state index in [2.05, 4.69) is 19.1 Å². The SMILES string of the molecule is CC1(c2ccc(Cl)cc2)CCC2(CC1)OCCO2. The Labute approximate surface area is 113 Å². The molecule has 1 spiro atoms. The first-order chi connectivity index (χ1) is 8.62. The van der Waals surface area contributed by atoms with Gasteiger partial charge in [-0.1, -0.05) is 30.7 Å². The minimum atomic E-state index is -0.272. The molecule has 0 atom stereocenters. The second-order valence-corrected chi connectivity index (χ2v) is 6.11. The van der Waals surface area contributed by atoms with Gasteiger partial charge in [-0.25, -0.2) is 0 Å². The highest BCUT2D eigenvalue weighted by Gasteiger charge is 2.44. The Morgan fingerprint density at radius 2 is 1.50 bits per heavy atom. The first kappa shape index (κ1) is 12.5. The molecule has 0 unspecified atom stereocenters. The summed E-state index contributed by atoms with van der Waals surface area (Å²) in [5, 5.41) is 0.803. The Bertz CT molecular complexity index is 411. The van der Waals surface area contributed by atoms with Crippen LogP contribution in [0.1, 0.15) is 38.2 Å². The van der Waals surface area contributed by atoms with Crippen LogP contribution in [0.2, 0.25) is 5.02 Å². The summed E-state index contributed by atoms with van der Waals surface area (Å²) in [4.78, 5) is 0. The zero-order valence-corrected chi connectivity index (χ0v) is 11.5. The van der Waals surface area contributed by atoms with E-state index in [9.17, 15) is 0 Å². The summed E-state index contributed by atoms with van der Waals surface area (Å²) in [5.41, 5.74) is 1.60. The molecular weight excluding hydrogens is 248 g/mol. The molecule has 18 heavy (non-hydrogen) atoms. The number of rotatable bonds is 1. The summed E-state index contributed by atoms with van der Waals surface area (Å²) in [6, 6.07) is 8.26. The van der Waals surface area contributed by atoms with Gasteiger partial charge in [0, 0.05) is 17.9 Å². The van der Waals surface area contributed by atoms with Crippen LogP contribution in [0.3, 0.4) is 0 Å². The highest BCUT2D eigenvalue weighted by Crippen LogP contribution is 2.46. The lowest BCUT2D eigenvalue weighted by Gasteiger charge is -2.42. The molecule has 2 nitrogen and oxygen atoms in total. The summed E-state index contributed by atoms with van der Waals surface area (Å²) in [6.07, 6.45) is 4.20. The van der Waals surface area contributed by atoms with Crippen LogP contribution in [-0.2, 0) is 14.9 Å².